The number of thiophene rings is 1. The van der Waals surface area contributed by atoms with Crippen LogP contribution in [0.15, 0.2) is 52.7 Å². The molecule has 0 aliphatic carbocycles. The Kier molecular flexibility index (Phi) is 6.78. The molecule has 0 spiro atoms. The normalized spacial score (nSPS) is 11.4. The maximum absolute atomic E-state index is 12.5. The molecule has 4 nitrogen and oxygen atoms in total. The second-order valence-electron chi connectivity index (χ2n) is 8.25. The van der Waals surface area contributed by atoms with Crippen molar-refractivity contribution in [3.8, 4) is 16.2 Å². The van der Waals surface area contributed by atoms with Crippen LogP contribution in [0.1, 0.15) is 37.5 Å². The van der Waals surface area contributed by atoms with Gasteiger partial charge in [-0.2, -0.15) is 0 Å². The van der Waals surface area contributed by atoms with Crippen LogP contribution in [0.4, 0.5) is 10.5 Å². The fourth-order valence-corrected chi connectivity index (χ4v) is 4.65. The van der Waals surface area contributed by atoms with Gasteiger partial charge in [-0.15, -0.1) is 23.1 Å². The predicted octanol–water partition coefficient (Wildman–Crippen LogP) is 6.77. The van der Waals surface area contributed by atoms with Gasteiger partial charge in [0.05, 0.1) is 0 Å². The summed E-state index contributed by atoms with van der Waals surface area (Å²) in [5.74, 6) is 0.285. The largest absolute Gasteiger partial charge is 0.508 e. The Hall–Kier alpha value is -2.44. The fraction of sp³-hybridized carbons (Fsp3) is 0.292. The third kappa shape index (κ3) is 5.18. The van der Waals surface area contributed by atoms with Crippen LogP contribution < -0.4 is 10.6 Å². The number of aromatic hydroxyl groups is 1. The van der Waals surface area contributed by atoms with Crippen molar-refractivity contribution in [3.05, 3.63) is 64.5 Å². The number of urea groups is 1. The average Bonchev–Trinajstić information content (AvgIpc) is 3.12. The summed E-state index contributed by atoms with van der Waals surface area (Å²) < 4.78 is 0. The number of hydrogen-bond acceptors (Lipinski definition) is 4. The van der Waals surface area contributed by atoms with Crippen LogP contribution in [0.2, 0.25) is 0 Å². The average molecular weight is 441 g/mol. The third-order valence-electron chi connectivity index (χ3n) is 4.92. The van der Waals surface area contributed by atoms with Crippen LogP contribution in [0.25, 0.3) is 10.4 Å². The molecule has 2 aromatic carbocycles. The van der Waals surface area contributed by atoms with E-state index in [0.29, 0.717) is 6.54 Å². The van der Waals surface area contributed by atoms with Gasteiger partial charge in [-0.25, -0.2) is 4.79 Å². The smallest absolute Gasteiger partial charge is 0.319 e. The van der Waals surface area contributed by atoms with Gasteiger partial charge in [0, 0.05) is 27.6 Å². The molecule has 0 aliphatic heterocycles. The number of benzene rings is 2. The topological polar surface area (TPSA) is 61.4 Å². The minimum Gasteiger partial charge on any atom is -0.508 e. The van der Waals surface area contributed by atoms with Crippen molar-refractivity contribution in [2.24, 2.45) is 0 Å². The number of carbonyl (C=O) groups is 1. The summed E-state index contributed by atoms with van der Waals surface area (Å²) in [5.41, 5.74) is 4.51. The molecule has 3 N–H and O–H groups in total. The van der Waals surface area contributed by atoms with E-state index in [1.54, 1.807) is 23.1 Å². The zero-order valence-corrected chi connectivity index (χ0v) is 19.6. The monoisotopic (exact) mass is 440 g/mol. The highest BCUT2D eigenvalue weighted by atomic mass is 32.2. The Morgan fingerprint density at radius 3 is 2.40 bits per heavy atom. The summed E-state index contributed by atoms with van der Waals surface area (Å²) >= 11 is 3.30. The summed E-state index contributed by atoms with van der Waals surface area (Å²) in [6.45, 7) is 8.63. The summed E-state index contributed by atoms with van der Waals surface area (Å²) in [4.78, 5) is 14.7. The maximum Gasteiger partial charge on any atom is 0.319 e. The van der Waals surface area contributed by atoms with Gasteiger partial charge in [-0.05, 0) is 83.1 Å². The Bertz CT molecular complexity index is 1030. The number of rotatable bonds is 5. The van der Waals surface area contributed by atoms with Gasteiger partial charge in [-0.1, -0.05) is 20.8 Å². The number of carbonyl (C=O) groups excluding carboxylic acids is 1. The first-order chi connectivity index (χ1) is 14.2. The molecule has 0 saturated heterocycles. The minimum atomic E-state index is -0.258. The van der Waals surface area contributed by atoms with Crippen LogP contribution in [0, 0.1) is 6.92 Å². The highest BCUT2D eigenvalue weighted by Gasteiger charge is 2.22. The molecule has 30 heavy (non-hydrogen) atoms. The van der Waals surface area contributed by atoms with Crippen LogP contribution in [-0.2, 0) is 12.0 Å². The second-order valence-corrected chi connectivity index (χ2v) is 10.0. The van der Waals surface area contributed by atoms with E-state index in [1.807, 2.05) is 48.0 Å². The highest BCUT2D eigenvalue weighted by Crippen LogP contribution is 2.39. The Morgan fingerprint density at radius 2 is 1.83 bits per heavy atom. The lowest BCUT2D eigenvalue weighted by atomic mass is 9.84. The molecule has 158 valence electrons. The van der Waals surface area contributed by atoms with Crippen LogP contribution >= 0.6 is 23.1 Å². The van der Waals surface area contributed by atoms with E-state index in [9.17, 15) is 9.90 Å². The van der Waals surface area contributed by atoms with Gasteiger partial charge < -0.3 is 15.7 Å². The highest BCUT2D eigenvalue weighted by molar-refractivity contribution is 7.98. The summed E-state index contributed by atoms with van der Waals surface area (Å²) in [6, 6.07) is 13.4. The van der Waals surface area contributed by atoms with Gasteiger partial charge in [0.15, 0.2) is 0 Å². The molecule has 2 amide bonds. The van der Waals surface area contributed by atoms with E-state index in [2.05, 4.69) is 44.4 Å². The third-order valence-corrected chi connectivity index (χ3v) is 6.72. The van der Waals surface area contributed by atoms with E-state index in [1.165, 1.54) is 0 Å². The molecule has 0 saturated carbocycles. The molecule has 3 aromatic rings. The fourth-order valence-electron chi connectivity index (χ4n) is 3.27. The number of phenolic OH excluding ortho intramolecular Hbond substituents is 1. The maximum atomic E-state index is 12.5. The second kappa shape index (κ2) is 9.14. The molecular weight excluding hydrogens is 412 g/mol. The van der Waals surface area contributed by atoms with Gasteiger partial charge >= 0.3 is 6.03 Å². The summed E-state index contributed by atoms with van der Waals surface area (Å²) in [6.07, 6.45) is 2.02. The Morgan fingerprint density at radius 1 is 1.13 bits per heavy atom. The molecule has 0 fully saturated rings. The predicted molar refractivity (Wildman–Crippen MR) is 129 cm³/mol. The zero-order valence-electron chi connectivity index (χ0n) is 18.0. The first-order valence-electron chi connectivity index (χ1n) is 9.79. The number of phenols is 1. The lowest BCUT2D eigenvalue weighted by Crippen LogP contribution is -2.28. The van der Waals surface area contributed by atoms with E-state index in [-0.39, 0.29) is 17.2 Å². The lowest BCUT2D eigenvalue weighted by molar-refractivity contribution is 0.252. The molecule has 0 radical (unpaired) electrons. The quantitative estimate of drug-likeness (QED) is 0.384. The van der Waals surface area contributed by atoms with Gasteiger partial charge in [0.2, 0.25) is 0 Å². The zero-order chi connectivity index (χ0) is 21.9. The molecule has 0 atom stereocenters. The van der Waals surface area contributed by atoms with Crippen LogP contribution in [0.3, 0.4) is 0 Å². The number of aryl methyl sites for hydroxylation is 1. The number of amides is 2. The molecule has 1 aromatic heterocycles. The van der Waals surface area contributed by atoms with E-state index in [0.717, 1.165) is 37.7 Å². The number of hydrogen-bond donors (Lipinski definition) is 3. The van der Waals surface area contributed by atoms with Crippen molar-refractivity contribution >= 4 is 34.8 Å². The van der Waals surface area contributed by atoms with E-state index < -0.39 is 0 Å². The van der Waals surface area contributed by atoms with E-state index in [4.69, 9.17) is 0 Å². The van der Waals surface area contributed by atoms with Crippen LogP contribution in [-0.4, -0.2) is 17.4 Å². The molecule has 1 heterocycles. The van der Waals surface area contributed by atoms with Crippen molar-refractivity contribution in [1.29, 1.82) is 0 Å². The SMILES string of the molecule is CSc1ccc(NC(=O)NCc2cc(C(C)(C)C)c(O)cc2-c2sccc2C)cc1. The van der Waals surface area contributed by atoms with Gasteiger partial charge in [0.1, 0.15) is 5.75 Å². The first kappa shape index (κ1) is 22.2. The number of anilines is 1. The molecule has 0 aliphatic rings. The van der Waals surface area contributed by atoms with Crippen molar-refractivity contribution < 1.29 is 9.90 Å². The minimum absolute atomic E-state index is 0.205. The number of nitrogens with one attached hydrogen (secondary N) is 2. The molecular formula is C24H28N2O2S2. The van der Waals surface area contributed by atoms with Crippen molar-refractivity contribution in [1.82, 2.24) is 5.32 Å². The lowest BCUT2D eigenvalue weighted by Gasteiger charge is -2.23. The summed E-state index contributed by atoms with van der Waals surface area (Å²) in [5, 5.41) is 18.5. The Balaban J connectivity index is 1.84. The van der Waals surface area contributed by atoms with Crippen LogP contribution in [0.5, 0.6) is 5.75 Å². The molecule has 0 unspecified atom stereocenters. The summed E-state index contributed by atoms with van der Waals surface area (Å²) in [7, 11) is 0. The van der Waals surface area contributed by atoms with Gasteiger partial charge in [0.25, 0.3) is 0 Å². The van der Waals surface area contributed by atoms with Crippen molar-refractivity contribution in [2.75, 3.05) is 11.6 Å². The Labute approximate surface area is 186 Å². The standard InChI is InChI=1S/C24H28N2O2S2/c1-15-10-11-30-22(15)19-13-21(27)20(24(2,3)4)12-16(19)14-25-23(28)26-17-6-8-18(29-5)9-7-17/h6-13,27H,14H2,1-5H3,(H2,25,26,28). The molecule has 0 bridgehead atoms. The first-order valence-corrected chi connectivity index (χ1v) is 11.9. The van der Waals surface area contributed by atoms with E-state index >= 15 is 0 Å². The molecule has 6 heteroatoms. The molecule has 3 rings (SSSR count). The van der Waals surface area contributed by atoms with Crippen molar-refractivity contribution in [3.63, 3.8) is 0 Å². The van der Waals surface area contributed by atoms with Gasteiger partial charge in [-0.3, -0.25) is 0 Å². The van der Waals surface area contributed by atoms with Crippen molar-refractivity contribution in [2.45, 2.75) is 44.6 Å². The number of thioether (sulfide) groups is 1.